The number of thioether (sulfide) groups is 1. The van der Waals surface area contributed by atoms with Crippen molar-refractivity contribution in [3.05, 3.63) is 82.0 Å². The van der Waals surface area contributed by atoms with Gasteiger partial charge in [-0.1, -0.05) is 54.5 Å². The van der Waals surface area contributed by atoms with Gasteiger partial charge in [-0.05, 0) is 42.3 Å². The Labute approximate surface area is 210 Å². The van der Waals surface area contributed by atoms with Gasteiger partial charge < -0.3 is 4.40 Å². The highest BCUT2D eigenvalue weighted by Gasteiger charge is 2.19. The monoisotopic (exact) mass is 513 g/mol. The molecule has 0 aliphatic rings. The van der Waals surface area contributed by atoms with Gasteiger partial charge in [-0.2, -0.15) is 5.10 Å². The number of benzene rings is 1. The van der Waals surface area contributed by atoms with E-state index in [0.717, 1.165) is 38.9 Å². The number of hydrogen-bond acceptors (Lipinski definition) is 5. The second-order valence-corrected chi connectivity index (χ2v) is 11.7. The fraction of sp³-hybridized carbons (Fsp3) is 0.208. The van der Waals surface area contributed by atoms with Gasteiger partial charge in [-0.25, -0.2) is 14.6 Å². The Morgan fingerprint density at radius 2 is 1.94 bits per heavy atom. The van der Waals surface area contributed by atoms with Crippen LogP contribution in [0.2, 0.25) is 10.0 Å². The lowest BCUT2D eigenvalue weighted by molar-refractivity contribution is 0.853. The lowest BCUT2D eigenvalue weighted by Gasteiger charge is -2.05. The summed E-state index contributed by atoms with van der Waals surface area (Å²) >= 11 is 15.9. The van der Waals surface area contributed by atoms with Gasteiger partial charge in [0.2, 0.25) is 5.13 Å². The molecule has 4 aromatic heterocycles. The molecule has 168 valence electrons. The van der Waals surface area contributed by atoms with E-state index in [1.165, 1.54) is 4.21 Å². The molecule has 0 radical (unpaired) electrons. The Morgan fingerprint density at radius 1 is 1.09 bits per heavy atom. The number of aromatic nitrogens is 5. The maximum absolute atomic E-state index is 6.40. The molecule has 5 nitrogen and oxygen atoms in total. The van der Waals surface area contributed by atoms with E-state index in [1.807, 2.05) is 58.4 Å². The molecule has 0 aliphatic heterocycles. The third-order valence-corrected chi connectivity index (χ3v) is 8.03. The van der Waals surface area contributed by atoms with Crippen LogP contribution in [0.4, 0.5) is 0 Å². The van der Waals surface area contributed by atoms with Crippen LogP contribution < -0.4 is 0 Å². The maximum atomic E-state index is 6.40. The minimum absolute atomic E-state index is 0.441. The highest BCUT2D eigenvalue weighted by molar-refractivity contribution is 8.01. The number of fused-ring (bicyclic) bond motifs is 1. The molecule has 5 aromatic rings. The van der Waals surface area contributed by atoms with Crippen LogP contribution in [-0.2, 0) is 6.42 Å². The van der Waals surface area contributed by atoms with Crippen molar-refractivity contribution in [2.24, 2.45) is 0 Å². The summed E-state index contributed by atoms with van der Waals surface area (Å²) in [6.45, 7) is 6.40. The van der Waals surface area contributed by atoms with E-state index in [0.29, 0.717) is 21.7 Å². The molecular formula is C24H21Cl2N5S2. The Morgan fingerprint density at radius 3 is 2.73 bits per heavy atom. The number of imidazole rings is 1. The first-order chi connectivity index (χ1) is 15.9. The van der Waals surface area contributed by atoms with E-state index in [1.54, 1.807) is 23.6 Å². The van der Waals surface area contributed by atoms with Crippen molar-refractivity contribution in [2.45, 2.75) is 36.7 Å². The summed E-state index contributed by atoms with van der Waals surface area (Å²) in [5.74, 6) is 0. The van der Waals surface area contributed by atoms with Gasteiger partial charge in [0.15, 0.2) is 0 Å². The Bertz CT molecular complexity index is 1450. The molecule has 0 unspecified atom stereocenters. The number of pyridine rings is 1. The van der Waals surface area contributed by atoms with E-state index in [2.05, 4.69) is 31.1 Å². The summed E-state index contributed by atoms with van der Waals surface area (Å²) in [7, 11) is 0. The third kappa shape index (κ3) is 4.68. The second-order valence-electron chi connectivity index (χ2n) is 8.01. The number of rotatable bonds is 6. The van der Waals surface area contributed by atoms with Crippen molar-refractivity contribution >= 4 is 51.9 Å². The predicted octanol–water partition coefficient (Wildman–Crippen LogP) is 7.35. The zero-order valence-electron chi connectivity index (χ0n) is 18.3. The lowest BCUT2D eigenvalue weighted by Crippen LogP contribution is -1.94. The lowest BCUT2D eigenvalue weighted by atomic mass is 10.1. The van der Waals surface area contributed by atoms with Gasteiger partial charge >= 0.3 is 0 Å². The molecule has 0 spiro atoms. The van der Waals surface area contributed by atoms with Crippen LogP contribution in [0, 0.1) is 6.92 Å². The zero-order valence-corrected chi connectivity index (χ0v) is 21.4. The highest BCUT2D eigenvalue weighted by Crippen LogP contribution is 2.39. The molecular weight excluding hydrogens is 493 g/mol. The first-order valence-corrected chi connectivity index (χ1v) is 12.9. The standard InChI is InChI=1S/C24H21Cl2N5S2/c1-14(2)32-23-22(17-5-7-21-27-8-9-30(21)12-17)28-24(33-23)31-13-18(15(3)29-31)10-16-4-6-19(25)11-20(16)26/h4-9,11-14H,10H2,1-3H3. The van der Waals surface area contributed by atoms with Gasteiger partial charge in [0, 0.05) is 52.1 Å². The number of aryl methyl sites for hydroxylation is 1. The van der Waals surface area contributed by atoms with Crippen molar-refractivity contribution in [3.63, 3.8) is 0 Å². The third-order valence-electron chi connectivity index (χ3n) is 5.18. The second kappa shape index (κ2) is 9.14. The normalized spacial score (nSPS) is 11.7. The molecule has 0 saturated carbocycles. The first-order valence-electron chi connectivity index (χ1n) is 10.5. The summed E-state index contributed by atoms with van der Waals surface area (Å²) in [5.41, 5.74) is 6.03. The number of hydrogen-bond donors (Lipinski definition) is 0. The number of nitrogens with zero attached hydrogens (tertiary/aromatic N) is 5. The van der Waals surface area contributed by atoms with Crippen LogP contribution in [0.5, 0.6) is 0 Å². The molecule has 0 amide bonds. The highest BCUT2D eigenvalue weighted by atomic mass is 35.5. The van der Waals surface area contributed by atoms with E-state index in [9.17, 15) is 0 Å². The van der Waals surface area contributed by atoms with E-state index >= 15 is 0 Å². The Kier molecular flexibility index (Phi) is 6.22. The molecule has 0 N–H and O–H groups in total. The first kappa shape index (κ1) is 22.5. The summed E-state index contributed by atoms with van der Waals surface area (Å²) in [6.07, 6.45) is 8.56. The molecule has 0 saturated heterocycles. The molecule has 4 heterocycles. The topological polar surface area (TPSA) is 48.0 Å². The largest absolute Gasteiger partial charge is 0.306 e. The summed E-state index contributed by atoms with van der Waals surface area (Å²) < 4.78 is 5.07. The van der Waals surface area contributed by atoms with Gasteiger partial charge in [-0.15, -0.1) is 11.8 Å². The number of halogens is 2. The smallest absolute Gasteiger partial charge is 0.211 e. The fourth-order valence-electron chi connectivity index (χ4n) is 3.57. The molecule has 0 aliphatic carbocycles. The minimum Gasteiger partial charge on any atom is -0.306 e. The van der Waals surface area contributed by atoms with Gasteiger partial charge in [0.1, 0.15) is 5.65 Å². The Balaban J connectivity index is 1.52. The van der Waals surface area contributed by atoms with Crippen molar-refractivity contribution < 1.29 is 0 Å². The van der Waals surface area contributed by atoms with Crippen LogP contribution in [-0.4, -0.2) is 29.4 Å². The van der Waals surface area contributed by atoms with Crippen LogP contribution in [0.1, 0.15) is 30.7 Å². The SMILES string of the molecule is Cc1nn(-c2nc(-c3ccc4nccn4c3)c(SC(C)C)s2)cc1Cc1ccc(Cl)cc1Cl. The van der Waals surface area contributed by atoms with Gasteiger partial charge in [0.25, 0.3) is 0 Å². The summed E-state index contributed by atoms with van der Waals surface area (Å²) in [4.78, 5) is 9.35. The average molecular weight is 515 g/mol. The molecule has 0 fully saturated rings. The molecule has 33 heavy (non-hydrogen) atoms. The van der Waals surface area contributed by atoms with E-state index < -0.39 is 0 Å². The fourth-order valence-corrected chi connectivity index (χ4v) is 6.49. The maximum Gasteiger partial charge on any atom is 0.211 e. The Hall–Kier alpha value is -2.32. The number of thiazole rings is 1. The summed E-state index contributed by atoms with van der Waals surface area (Å²) in [6, 6.07) is 9.70. The van der Waals surface area contributed by atoms with Crippen LogP contribution in [0.3, 0.4) is 0 Å². The van der Waals surface area contributed by atoms with Crippen molar-refractivity contribution in [1.82, 2.24) is 24.1 Å². The van der Waals surface area contributed by atoms with E-state index in [-0.39, 0.29) is 0 Å². The van der Waals surface area contributed by atoms with Gasteiger partial charge in [0.05, 0.1) is 15.6 Å². The molecule has 9 heteroatoms. The predicted molar refractivity (Wildman–Crippen MR) is 138 cm³/mol. The minimum atomic E-state index is 0.441. The molecule has 0 bridgehead atoms. The van der Waals surface area contributed by atoms with Crippen LogP contribution >= 0.6 is 46.3 Å². The van der Waals surface area contributed by atoms with Crippen LogP contribution in [0.15, 0.2) is 59.3 Å². The van der Waals surface area contributed by atoms with Crippen molar-refractivity contribution in [1.29, 1.82) is 0 Å². The quantitative estimate of drug-likeness (QED) is 0.222. The van der Waals surface area contributed by atoms with E-state index in [4.69, 9.17) is 33.3 Å². The van der Waals surface area contributed by atoms with Crippen molar-refractivity contribution in [2.75, 3.05) is 0 Å². The molecule has 5 rings (SSSR count). The molecule has 1 aromatic carbocycles. The zero-order chi connectivity index (χ0) is 23.1. The van der Waals surface area contributed by atoms with Gasteiger partial charge in [-0.3, -0.25) is 0 Å². The van der Waals surface area contributed by atoms with Crippen molar-refractivity contribution in [3.8, 4) is 16.4 Å². The summed E-state index contributed by atoms with van der Waals surface area (Å²) in [5, 5.41) is 7.35. The molecule has 0 atom stereocenters. The average Bonchev–Trinajstić information content (AvgIpc) is 3.48. The van der Waals surface area contributed by atoms with Crippen LogP contribution in [0.25, 0.3) is 22.0 Å².